The Balaban J connectivity index is 2.42. The molecular formula is C12H13NO5S2. The van der Waals surface area contributed by atoms with Crippen LogP contribution in [0.1, 0.15) is 17.3 Å². The predicted molar refractivity (Wildman–Crippen MR) is 74.2 cm³/mol. The maximum Gasteiger partial charge on any atom is 0.322 e. The van der Waals surface area contributed by atoms with Crippen molar-refractivity contribution in [2.45, 2.75) is 17.9 Å². The van der Waals surface area contributed by atoms with E-state index in [0.29, 0.717) is 0 Å². The number of carboxylic acids is 1. The third-order valence-corrected chi connectivity index (χ3v) is 6.00. The minimum atomic E-state index is -3.91. The molecule has 1 atom stereocenters. The number of carboxylic acid groups (broad SMARTS) is 1. The smallest absolute Gasteiger partial charge is 0.322 e. The number of rotatable bonds is 4. The van der Waals surface area contributed by atoms with Gasteiger partial charge in [0.25, 0.3) is 0 Å². The van der Waals surface area contributed by atoms with Gasteiger partial charge in [-0.05, 0) is 19.1 Å². The maximum absolute atomic E-state index is 12.5. The molecule has 0 aliphatic carbocycles. The number of carbonyl (C=O) groups excluding carboxylic acids is 1. The van der Waals surface area contributed by atoms with Crippen molar-refractivity contribution in [1.29, 1.82) is 0 Å². The Morgan fingerprint density at radius 2 is 2.10 bits per heavy atom. The molecule has 0 radical (unpaired) electrons. The summed E-state index contributed by atoms with van der Waals surface area (Å²) in [5.74, 6) is -1.08. The number of Topliss-reactive ketones (excluding diaryl/α,β-unsaturated/α-hetero) is 1. The first-order valence-corrected chi connectivity index (χ1v) is 8.37. The van der Waals surface area contributed by atoms with Gasteiger partial charge in [-0.25, -0.2) is 8.42 Å². The van der Waals surface area contributed by atoms with Crippen LogP contribution < -0.4 is 0 Å². The number of ketones is 1. The zero-order valence-electron chi connectivity index (χ0n) is 10.6. The maximum atomic E-state index is 12.5. The fourth-order valence-corrected chi connectivity index (χ4v) is 5.05. The third-order valence-electron chi connectivity index (χ3n) is 2.97. The van der Waals surface area contributed by atoms with Crippen LogP contribution in [0, 0.1) is 0 Å². The lowest BCUT2D eigenvalue weighted by Gasteiger charge is -2.20. The standard InChI is InChI=1S/C12H13NO5S2/c1-8(14)9-3-2-4-10(5-9)20(17,18)13-7-19-6-11(13)12(15)16/h2-5,11H,6-7H2,1H3,(H,15,16)/t11-/m0/s1. The van der Waals surface area contributed by atoms with Crippen LogP contribution >= 0.6 is 11.8 Å². The molecule has 108 valence electrons. The topological polar surface area (TPSA) is 91.8 Å². The predicted octanol–water partition coefficient (Wildman–Crippen LogP) is 1.04. The summed E-state index contributed by atoms with van der Waals surface area (Å²) in [6.45, 7) is 1.34. The van der Waals surface area contributed by atoms with Gasteiger partial charge in [-0.2, -0.15) is 4.31 Å². The van der Waals surface area contributed by atoms with E-state index in [-0.39, 0.29) is 27.9 Å². The summed E-state index contributed by atoms with van der Waals surface area (Å²) in [7, 11) is -3.91. The first-order chi connectivity index (χ1) is 9.34. The van der Waals surface area contributed by atoms with Gasteiger partial charge >= 0.3 is 5.97 Å². The van der Waals surface area contributed by atoms with Crippen molar-refractivity contribution in [1.82, 2.24) is 4.31 Å². The zero-order chi connectivity index (χ0) is 14.9. The van der Waals surface area contributed by atoms with Gasteiger partial charge < -0.3 is 5.11 Å². The number of benzene rings is 1. The molecule has 0 amide bonds. The summed E-state index contributed by atoms with van der Waals surface area (Å²) in [4.78, 5) is 22.3. The monoisotopic (exact) mass is 315 g/mol. The van der Waals surface area contributed by atoms with Gasteiger partial charge in [0.05, 0.1) is 10.8 Å². The minimum Gasteiger partial charge on any atom is -0.480 e. The van der Waals surface area contributed by atoms with E-state index >= 15 is 0 Å². The van der Waals surface area contributed by atoms with Crippen LogP contribution in [-0.2, 0) is 14.8 Å². The summed E-state index contributed by atoms with van der Waals surface area (Å²) in [5.41, 5.74) is 0.282. The average Bonchev–Trinajstić information content (AvgIpc) is 2.89. The first kappa shape index (κ1) is 15.0. The number of thioether (sulfide) groups is 1. The molecule has 1 fully saturated rings. The molecule has 20 heavy (non-hydrogen) atoms. The summed E-state index contributed by atoms with van der Waals surface area (Å²) in [6.07, 6.45) is 0. The summed E-state index contributed by atoms with van der Waals surface area (Å²) in [6, 6.07) is 4.58. The number of hydrogen-bond acceptors (Lipinski definition) is 5. The zero-order valence-corrected chi connectivity index (χ0v) is 12.3. The fourth-order valence-electron chi connectivity index (χ4n) is 1.87. The van der Waals surface area contributed by atoms with Crippen molar-refractivity contribution in [3.8, 4) is 0 Å². The molecule has 0 unspecified atom stereocenters. The third kappa shape index (κ3) is 2.72. The van der Waals surface area contributed by atoms with Crippen LogP contribution in [0.2, 0.25) is 0 Å². The molecule has 0 aromatic heterocycles. The molecule has 1 aliphatic heterocycles. The number of aliphatic carboxylic acids is 1. The van der Waals surface area contributed by atoms with Crippen LogP contribution in [0.4, 0.5) is 0 Å². The second-order valence-corrected chi connectivity index (χ2v) is 7.22. The lowest BCUT2D eigenvalue weighted by atomic mass is 10.2. The number of nitrogens with zero attached hydrogens (tertiary/aromatic N) is 1. The van der Waals surface area contributed by atoms with Crippen molar-refractivity contribution in [3.63, 3.8) is 0 Å². The minimum absolute atomic E-state index is 0.0565. The van der Waals surface area contributed by atoms with E-state index in [1.165, 1.54) is 43.0 Å². The van der Waals surface area contributed by atoms with E-state index in [0.717, 1.165) is 4.31 Å². The van der Waals surface area contributed by atoms with Gasteiger partial charge in [0.1, 0.15) is 6.04 Å². The Hall–Kier alpha value is -1.38. The van der Waals surface area contributed by atoms with Crippen LogP contribution in [-0.4, -0.2) is 47.3 Å². The second kappa shape index (κ2) is 5.55. The van der Waals surface area contributed by atoms with E-state index in [1.54, 1.807) is 0 Å². The lowest BCUT2D eigenvalue weighted by molar-refractivity contribution is -0.140. The first-order valence-electron chi connectivity index (χ1n) is 5.77. The Bertz CT molecular complexity index is 656. The Morgan fingerprint density at radius 3 is 2.70 bits per heavy atom. The van der Waals surface area contributed by atoms with Crippen molar-refractivity contribution in [3.05, 3.63) is 29.8 Å². The quantitative estimate of drug-likeness (QED) is 0.835. The molecule has 6 nitrogen and oxygen atoms in total. The van der Waals surface area contributed by atoms with Gasteiger partial charge in [-0.15, -0.1) is 11.8 Å². The fraction of sp³-hybridized carbons (Fsp3) is 0.333. The molecule has 0 spiro atoms. The Morgan fingerprint density at radius 1 is 1.40 bits per heavy atom. The highest BCUT2D eigenvalue weighted by atomic mass is 32.2. The van der Waals surface area contributed by atoms with E-state index in [2.05, 4.69) is 0 Å². The van der Waals surface area contributed by atoms with Gasteiger partial charge in [0, 0.05) is 11.3 Å². The molecular weight excluding hydrogens is 302 g/mol. The van der Waals surface area contributed by atoms with Gasteiger partial charge in [-0.3, -0.25) is 9.59 Å². The summed E-state index contributed by atoms with van der Waals surface area (Å²) >= 11 is 1.25. The highest BCUT2D eigenvalue weighted by Gasteiger charge is 2.40. The van der Waals surface area contributed by atoms with Gasteiger partial charge in [0.2, 0.25) is 10.0 Å². The normalized spacial score (nSPS) is 19.9. The van der Waals surface area contributed by atoms with E-state index < -0.39 is 22.0 Å². The molecule has 1 heterocycles. The molecule has 1 aliphatic rings. The molecule has 0 saturated carbocycles. The SMILES string of the molecule is CC(=O)c1cccc(S(=O)(=O)N2CSC[C@H]2C(=O)O)c1. The van der Waals surface area contributed by atoms with Crippen molar-refractivity contribution < 1.29 is 23.1 Å². The summed E-state index contributed by atoms with van der Waals surface area (Å²) in [5, 5.41) is 9.06. The molecule has 0 bridgehead atoms. The van der Waals surface area contributed by atoms with Crippen molar-refractivity contribution in [2.24, 2.45) is 0 Å². The van der Waals surface area contributed by atoms with E-state index in [4.69, 9.17) is 5.11 Å². The van der Waals surface area contributed by atoms with Crippen LogP contribution in [0.3, 0.4) is 0 Å². The average molecular weight is 315 g/mol. The van der Waals surface area contributed by atoms with Crippen LogP contribution in [0.15, 0.2) is 29.2 Å². The molecule has 1 saturated heterocycles. The van der Waals surface area contributed by atoms with E-state index in [9.17, 15) is 18.0 Å². The highest BCUT2D eigenvalue weighted by molar-refractivity contribution is 8.00. The highest BCUT2D eigenvalue weighted by Crippen LogP contribution is 2.28. The van der Waals surface area contributed by atoms with Crippen LogP contribution in [0.5, 0.6) is 0 Å². The second-order valence-electron chi connectivity index (χ2n) is 4.33. The van der Waals surface area contributed by atoms with E-state index in [1.807, 2.05) is 0 Å². The van der Waals surface area contributed by atoms with Gasteiger partial charge in [0.15, 0.2) is 5.78 Å². The molecule has 1 aromatic carbocycles. The number of sulfonamides is 1. The largest absolute Gasteiger partial charge is 0.480 e. The molecule has 8 heteroatoms. The lowest BCUT2D eigenvalue weighted by Crippen LogP contribution is -2.41. The molecule has 1 aromatic rings. The number of carbonyl (C=O) groups is 2. The molecule has 2 rings (SSSR count). The van der Waals surface area contributed by atoms with Crippen LogP contribution in [0.25, 0.3) is 0 Å². The van der Waals surface area contributed by atoms with Crippen molar-refractivity contribution >= 4 is 33.5 Å². The molecule has 1 N–H and O–H groups in total. The Kier molecular flexibility index (Phi) is 4.17. The van der Waals surface area contributed by atoms with Gasteiger partial charge in [-0.1, -0.05) is 12.1 Å². The van der Waals surface area contributed by atoms with Crippen molar-refractivity contribution in [2.75, 3.05) is 11.6 Å². The number of hydrogen-bond donors (Lipinski definition) is 1. The summed E-state index contributed by atoms with van der Waals surface area (Å²) < 4.78 is 25.9. The Labute approximate surface area is 120 Å².